The Morgan fingerprint density at radius 1 is 1.36 bits per heavy atom. The van der Waals surface area contributed by atoms with Gasteiger partial charge in [-0.2, -0.15) is 0 Å². The van der Waals surface area contributed by atoms with Gasteiger partial charge < -0.3 is 10.1 Å². The largest absolute Gasteiger partial charge is 0.487 e. The lowest BCUT2D eigenvalue weighted by molar-refractivity contribution is -0.385. The van der Waals surface area contributed by atoms with E-state index in [4.69, 9.17) is 4.74 Å². The number of nitrogens with zero attached hydrogens (tertiary/aromatic N) is 3. The van der Waals surface area contributed by atoms with Crippen LogP contribution in [0.1, 0.15) is 6.92 Å². The van der Waals surface area contributed by atoms with Crippen LogP contribution in [0, 0.1) is 10.1 Å². The van der Waals surface area contributed by atoms with Gasteiger partial charge >= 0.3 is 5.69 Å². The maximum atomic E-state index is 11.0. The van der Waals surface area contributed by atoms with Crippen LogP contribution >= 0.6 is 0 Å². The Labute approximate surface area is 130 Å². The third kappa shape index (κ3) is 3.15. The zero-order valence-electron chi connectivity index (χ0n) is 12.8. The van der Waals surface area contributed by atoms with Crippen LogP contribution in [-0.4, -0.2) is 66.6 Å². The van der Waals surface area contributed by atoms with Crippen molar-refractivity contribution in [2.75, 3.05) is 51.2 Å². The smallest absolute Gasteiger partial charge is 0.311 e. The molecule has 0 aromatic heterocycles. The van der Waals surface area contributed by atoms with E-state index in [1.165, 1.54) is 19.2 Å². The summed E-state index contributed by atoms with van der Waals surface area (Å²) in [5.74, 6) is 0.326. The minimum atomic E-state index is -0.409. The average Bonchev–Trinajstić information content (AvgIpc) is 2.54. The van der Waals surface area contributed by atoms with E-state index in [-0.39, 0.29) is 5.69 Å². The van der Waals surface area contributed by atoms with E-state index in [2.05, 4.69) is 15.1 Å². The number of fused-ring (bicyclic) bond motifs is 3. The summed E-state index contributed by atoms with van der Waals surface area (Å²) < 4.78 is 5.38. The second-order valence-corrected chi connectivity index (χ2v) is 5.74. The molecule has 120 valence electrons. The van der Waals surface area contributed by atoms with Crippen LogP contribution in [0.25, 0.3) is 0 Å². The molecule has 3 saturated heterocycles. The van der Waals surface area contributed by atoms with Crippen LogP contribution < -0.4 is 10.1 Å². The van der Waals surface area contributed by atoms with Gasteiger partial charge in [0.25, 0.3) is 0 Å². The van der Waals surface area contributed by atoms with Gasteiger partial charge in [0.2, 0.25) is 0 Å². The Morgan fingerprint density at radius 2 is 2.14 bits per heavy atom. The normalized spacial score (nSPS) is 26.7. The summed E-state index contributed by atoms with van der Waals surface area (Å²) in [6.07, 6.45) is 0. The Hall–Kier alpha value is -1.86. The molecule has 3 aliphatic rings. The van der Waals surface area contributed by atoms with E-state index >= 15 is 0 Å². The fourth-order valence-corrected chi connectivity index (χ4v) is 3.20. The summed E-state index contributed by atoms with van der Waals surface area (Å²) >= 11 is 0. The van der Waals surface area contributed by atoms with Gasteiger partial charge in [0.15, 0.2) is 5.75 Å². The first-order valence-electron chi connectivity index (χ1n) is 7.79. The third-order valence-electron chi connectivity index (χ3n) is 4.39. The Kier molecular flexibility index (Phi) is 4.44. The van der Waals surface area contributed by atoms with Crippen molar-refractivity contribution in [3.63, 3.8) is 0 Å². The van der Waals surface area contributed by atoms with Crippen molar-refractivity contribution < 1.29 is 9.66 Å². The highest BCUT2D eigenvalue weighted by molar-refractivity contribution is 5.58. The first-order chi connectivity index (χ1) is 10.7. The molecule has 0 radical (unpaired) electrons. The number of piperazine rings is 3. The summed E-state index contributed by atoms with van der Waals surface area (Å²) in [4.78, 5) is 15.6. The van der Waals surface area contributed by atoms with E-state index in [0.717, 1.165) is 31.9 Å². The monoisotopic (exact) mass is 306 g/mol. The van der Waals surface area contributed by atoms with Crippen molar-refractivity contribution in [3.8, 4) is 5.75 Å². The summed E-state index contributed by atoms with van der Waals surface area (Å²) in [6.45, 7) is 8.79. The molecule has 1 aromatic carbocycles. The van der Waals surface area contributed by atoms with Gasteiger partial charge in [0, 0.05) is 63.1 Å². The number of benzene rings is 1. The van der Waals surface area contributed by atoms with Crippen LogP contribution in [0.3, 0.4) is 0 Å². The minimum Gasteiger partial charge on any atom is -0.487 e. The second kappa shape index (κ2) is 6.50. The lowest BCUT2D eigenvalue weighted by Gasteiger charge is -2.47. The van der Waals surface area contributed by atoms with E-state index < -0.39 is 4.92 Å². The first kappa shape index (κ1) is 15.1. The third-order valence-corrected chi connectivity index (χ3v) is 4.39. The Bertz CT molecular complexity index is 544. The van der Waals surface area contributed by atoms with Gasteiger partial charge in [-0.3, -0.25) is 19.9 Å². The molecule has 3 aliphatic heterocycles. The predicted molar refractivity (Wildman–Crippen MR) is 84.6 cm³/mol. The number of ether oxygens (including phenoxy) is 1. The van der Waals surface area contributed by atoms with Crippen LogP contribution in [0.2, 0.25) is 0 Å². The van der Waals surface area contributed by atoms with Crippen molar-refractivity contribution in [3.05, 3.63) is 28.3 Å². The molecule has 1 N–H and O–H groups in total. The molecule has 4 rings (SSSR count). The highest BCUT2D eigenvalue weighted by Crippen LogP contribution is 2.30. The number of hydrogen-bond acceptors (Lipinski definition) is 6. The summed E-state index contributed by atoms with van der Waals surface area (Å²) in [6, 6.07) is 5.48. The summed E-state index contributed by atoms with van der Waals surface area (Å²) in [5, 5.41) is 14.4. The molecular formula is C15H22N4O3. The van der Waals surface area contributed by atoms with Crippen molar-refractivity contribution in [1.82, 2.24) is 9.80 Å². The second-order valence-electron chi connectivity index (χ2n) is 5.74. The molecule has 7 heteroatoms. The first-order valence-corrected chi connectivity index (χ1v) is 7.79. The van der Waals surface area contributed by atoms with Crippen molar-refractivity contribution >= 4 is 11.4 Å². The lowest BCUT2D eigenvalue weighted by atomic mass is 10.1. The maximum absolute atomic E-state index is 11.0. The van der Waals surface area contributed by atoms with Crippen molar-refractivity contribution in [2.45, 2.75) is 13.0 Å². The number of nitrogens with one attached hydrogen (secondary N) is 1. The number of nitro benzene ring substituents is 1. The van der Waals surface area contributed by atoms with Crippen LogP contribution in [0.4, 0.5) is 11.4 Å². The SMILES string of the molecule is CCOc1cc(NCC2CN3CCN2CC3)ccc1[N+](=O)[O-]. The zero-order chi connectivity index (χ0) is 15.5. The van der Waals surface area contributed by atoms with Gasteiger partial charge in [-0.05, 0) is 13.0 Å². The van der Waals surface area contributed by atoms with E-state index in [1.54, 1.807) is 12.1 Å². The molecule has 0 aliphatic carbocycles. The van der Waals surface area contributed by atoms with Crippen LogP contribution in [0.5, 0.6) is 5.75 Å². The van der Waals surface area contributed by atoms with Crippen molar-refractivity contribution in [1.29, 1.82) is 0 Å². The quantitative estimate of drug-likeness (QED) is 0.633. The molecule has 2 bridgehead atoms. The van der Waals surface area contributed by atoms with Gasteiger partial charge in [0.05, 0.1) is 11.5 Å². The minimum absolute atomic E-state index is 0.0129. The average molecular weight is 306 g/mol. The van der Waals surface area contributed by atoms with E-state index in [9.17, 15) is 10.1 Å². The fraction of sp³-hybridized carbons (Fsp3) is 0.600. The van der Waals surface area contributed by atoms with Gasteiger partial charge in [-0.1, -0.05) is 0 Å². The molecule has 1 atom stereocenters. The van der Waals surface area contributed by atoms with Gasteiger partial charge in [0.1, 0.15) is 0 Å². The summed E-state index contributed by atoms with van der Waals surface area (Å²) in [5.41, 5.74) is 0.880. The molecule has 7 nitrogen and oxygen atoms in total. The molecule has 3 heterocycles. The molecule has 0 saturated carbocycles. The highest BCUT2D eigenvalue weighted by Gasteiger charge is 2.31. The number of nitro groups is 1. The lowest BCUT2D eigenvalue weighted by Crippen LogP contribution is -2.62. The maximum Gasteiger partial charge on any atom is 0.311 e. The fourth-order valence-electron chi connectivity index (χ4n) is 3.20. The molecule has 3 fully saturated rings. The predicted octanol–water partition coefficient (Wildman–Crippen LogP) is 1.41. The summed E-state index contributed by atoms with van der Waals surface area (Å²) in [7, 11) is 0. The Balaban J connectivity index is 1.65. The molecule has 0 amide bonds. The molecule has 1 aromatic rings. The Morgan fingerprint density at radius 3 is 2.73 bits per heavy atom. The molecule has 0 spiro atoms. The van der Waals surface area contributed by atoms with Gasteiger partial charge in [-0.15, -0.1) is 0 Å². The van der Waals surface area contributed by atoms with E-state index in [1.807, 2.05) is 6.92 Å². The molecule has 1 unspecified atom stereocenters. The highest BCUT2D eigenvalue weighted by atomic mass is 16.6. The molecular weight excluding hydrogens is 284 g/mol. The molecule has 22 heavy (non-hydrogen) atoms. The number of rotatable bonds is 6. The van der Waals surface area contributed by atoms with Crippen LogP contribution in [0.15, 0.2) is 18.2 Å². The van der Waals surface area contributed by atoms with Gasteiger partial charge in [-0.25, -0.2) is 0 Å². The zero-order valence-corrected chi connectivity index (χ0v) is 12.8. The van der Waals surface area contributed by atoms with E-state index in [0.29, 0.717) is 18.4 Å². The number of hydrogen-bond donors (Lipinski definition) is 1. The van der Waals surface area contributed by atoms with Crippen molar-refractivity contribution in [2.24, 2.45) is 0 Å². The topological polar surface area (TPSA) is 70.9 Å². The van der Waals surface area contributed by atoms with Crippen LogP contribution in [-0.2, 0) is 0 Å². The number of anilines is 1. The standard InChI is InChI=1S/C15H22N4O3/c1-2-22-15-9-12(3-4-14(15)19(20)21)16-10-13-11-17-5-7-18(13)8-6-17/h3-4,9,13,16H,2,5-8,10-11H2,1H3.